The Balaban J connectivity index is 1.89. The molecule has 0 aliphatic rings. The molecular formula is C15H20ClN3O. The first-order valence-corrected chi connectivity index (χ1v) is 7.14. The normalized spacial score (nSPS) is 11.2. The maximum absolute atomic E-state index is 6.16. The van der Waals surface area contributed by atoms with Crippen LogP contribution >= 0.6 is 11.6 Å². The van der Waals surface area contributed by atoms with Crippen LogP contribution in [0.5, 0.6) is 0 Å². The molecule has 1 N–H and O–H groups in total. The summed E-state index contributed by atoms with van der Waals surface area (Å²) in [5, 5.41) is 8.06. The van der Waals surface area contributed by atoms with Gasteiger partial charge in [0.1, 0.15) is 0 Å². The number of nitrogens with zero attached hydrogens (tertiary/aromatic N) is 2. The number of hydrogen-bond donors (Lipinski definition) is 1. The van der Waals surface area contributed by atoms with Crippen molar-refractivity contribution in [3.8, 4) is 0 Å². The fraction of sp³-hybridized carbons (Fsp3) is 0.400. The maximum atomic E-state index is 6.16. The highest BCUT2D eigenvalue weighted by Gasteiger charge is 2.09. The summed E-state index contributed by atoms with van der Waals surface area (Å²) in [4.78, 5) is 2.15. The Morgan fingerprint density at radius 1 is 1.30 bits per heavy atom. The molecule has 0 aliphatic carbocycles. The zero-order valence-electron chi connectivity index (χ0n) is 11.9. The molecule has 0 unspecified atom stereocenters. The van der Waals surface area contributed by atoms with Crippen molar-refractivity contribution in [2.45, 2.75) is 26.6 Å². The summed E-state index contributed by atoms with van der Waals surface area (Å²) in [7, 11) is 2.04. The second-order valence-corrected chi connectivity index (χ2v) is 5.24. The Labute approximate surface area is 124 Å². The third kappa shape index (κ3) is 4.34. The van der Waals surface area contributed by atoms with Crippen molar-refractivity contribution < 1.29 is 4.52 Å². The Morgan fingerprint density at radius 2 is 2.10 bits per heavy atom. The molecule has 0 bridgehead atoms. The molecule has 108 valence electrons. The van der Waals surface area contributed by atoms with Gasteiger partial charge >= 0.3 is 0 Å². The van der Waals surface area contributed by atoms with Crippen molar-refractivity contribution in [1.29, 1.82) is 0 Å². The highest BCUT2D eigenvalue weighted by molar-refractivity contribution is 6.31. The summed E-state index contributed by atoms with van der Waals surface area (Å²) in [5.41, 5.74) is 2.05. The van der Waals surface area contributed by atoms with Crippen LogP contribution in [0.15, 0.2) is 34.9 Å². The van der Waals surface area contributed by atoms with Gasteiger partial charge in [0.15, 0.2) is 5.76 Å². The van der Waals surface area contributed by atoms with Crippen LogP contribution in [0.3, 0.4) is 0 Å². The number of benzene rings is 1. The van der Waals surface area contributed by atoms with Gasteiger partial charge in [-0.25, -0.2) is 0 Å². The summed E-state index contributed by atoms with van der Waals surface area (Å²) in [6.07, 6.45) is 0. The van der Waals surface area contributed by atoms with Gasteiger partial charge in [0.05, 0.1) is 12.2 Å². The predicted molar refractivity (Wildman–Crippen MR) is 80.5 cm³/mol. The number of halogens is 1. The minimum Gasteiger partial charge on any atom is -0.360 e. The van der Waals surface area contributed by atoms with Crippen LogP contribution < -0.4 is 5.32 Å². The molecule has 2 aromatic rings. The summed E-state index contributed by atoms with van der Waals surface area (Å²) in [6, 6.07) is 9.88. The Hall–Kier alpha value is -1.36. The van der Waals surface area contributed by atoms with Gasteiger partial charge in [-0.3, -0.25) is 4.90 Å². The molecule has 0 saturated carbocycles. The number of hydrogen-bond acceptors (Lipinski definition) is 4. The van der Waals surface area contributed by atoms with Gasteiger partial charge in [-0.05, 0) is 25.2 Å². The van der Waals surface area contributed by atoms with Crippen LogP contribution in [0.2, 0.25) is 5.02 Å². The van der Waals surface area contributed by atoms with Crippen molar-refractivity contribution in [1.82, 2.24) is 15.4 Å². The maximum Gasteiger partial charge on any atom is 0.151 e. The van der Waals surface area contributed by atoms with E-state index >= 15 is 0 Å². The van der Waals surface area contributed by atoms with E-state index in [4.69, 9.17) is 16.1 Å². The van der Waals surface area contributed by atoms with Crippen LogP contribution in [0.4, 0.5) is 0 Å². The van der Waals surface area contributed by atoms with Crippen LogP contribution in [0, 0.1) is 0 Å². The number of aromatic nitrogens is 1. The SMILES string of the molecule is CCNCc1cc(CN(C)Cc2ccccc2Cl)on1. The Kier molecular flexibility index (Phi) is 5.59. The quantitative estimate of drug-likeness (QED) is 0.852. The van der Waals surface area contributed by atoms with Gasteiger partial charge in [0, 0.05) is 24.2 Å². The molecule has 0 atom stereocenters. The Morgan fingerprint density at radius 3 is 2.85 bits per heavy atom. The standard InChI is InChI=1S/C15H20ClN3O/c1-3-17-9-13-8-14(20-18-13)11-19(2)10-12-6-4-5-7-15(12)16/h4-8,17H,3,9-11H2,1-2H3. The predicted octanol–water partition coefficient (Wildman–Crippen LogP) is 3.07. The third-order valence-corrected chi connectivity index (χ3v) is 3.36. The van der Waals surface area contributed by atoms with E-state index in [2.05, 4.69) is 22.3 Å². The van der Waals surface area contributed by atoms with E-state index in [1.807, 2.05) is 37.4 Å². The molecular weight excluding hydrogens is 274 g/mol. The summed E-state index contributed by atoms with van der Waals surface area (Å²) in [6.45, 7) is 5.23. The van der Waals surface area contributed by atoms with Crippen LogP contribution in [0.25, 0.3) is 0 Å². The molecule has 1 aromatic heterocycles. The molecule has 0 spiro atoms. The molecule has 1 heterocycles. The molecule has 0 radical (unpaired) electrons. The molecule has 0 saturated heterocycles. The van der Waals surface area contributed by atoms with Gasteiger partial charge in [0.2, 0.25) is 0 Å². The van der Waals surface area contributed by atoms with Gasteiger partial charge in [-0.15, -0.1) is 0 Å². The summed E-state index contributed by atoms with van der Waals surface area (Å²) < 4.78 is 5.34. The summed E-state index contributed by atoms with van der Waals surface area (Å²) >= 11 is 6.16. The van der Waals surface area contributed by atoms with Crippen LogP contribution in [-0.2, 0) is 19.6 Å². The largest absolute Gasteiger partial charge is 0.360 e. The Bertz CT molecular complexity index is 541. The first-order valence-electron chi connectivity index (χ1n) is 6.76. The smallest absolute Gasteiger partial charge is 0.151 e. The minimum atomic E-state index is 0.713. The number of nitrogens with one attached hydrogen (secondary N) is 1. The molecule has 2 rings (SSSR count). The third-order valence-electron chi connectivity index (χ3n) is 2.99. The fourth-order valence-corrected chi connectivity index (χ4v) is 2.20. The van der Waals surface area contributed by atoms with Gasteiger partial charge < -0.3 is 9.84 Å². The second kappa shape index (κ2) is 7.43. The highest BCUT2D eigenvalue weighted by Crippen LogP contribution is 2.17. The second-order valence-electron chi connectivity index (χ2n) is 4.83. The van der Waals surface area contributed by atoms with Crippen molar-refractivity contribution in [2.75, 3.05) is 13.6 Å². The zero-order chi connectivity index (χ0) is 14.4. The molecule has 0 amide bonds. The molecule has 0 fully saturated rings. The van der Waals surface area contributed by atoms with Crippen molar-refractivity contribution in [3.05, 3.63) is 52.4 Å². The van der Waals surface area contributed by atoms with E-state index < -0.39 is 0 Å². The number of rotatable bonds is 7. The molecule has 5 heteroatoms. The first kappa shape index (κ1) is 15.0. The average molecular weight is 294 g/mol. The lowest BCUT2D eigenvalue weighted by atomic mass is 10.2. The topological polar surface area (TPSA) is 41.3 Å². The lowest BCUT2D eigenvalue weighted by Crippen LogP contribution is -2.17. The van der Waals surface area contributed by atoms with Gasteiger partial charge in [-0.2, -0.15) is 0 Å². The van der Waals surface area contributed by atoms with Gasteiger partial charge in [0.25, 0.3) is 0 Å². The lowest BCUT2D eigenvalue weighted by molar-refractivity contribution is 0.265. The zero-order valence-corrected chi connectivity index (χ0v) is 12.7. The van der Waals surface area contributed by atoms with E-state index in [0.717, 1.165) is 41.7 Å². The first-order chi connectivity index (χ1) is 9.69. The minimum absolute atomic E-state index is 0.713. The van der Waals surface area contributed by atoms with Crippen LogP contribution in [-0.4, -0.2) is 23.6 Å². The van der Waals surface area contributed by atoms with Crippen molar-refractivity contribution in [3.63, 3.8) is 0 Å². The van der Waals surface area contributed by atoms with Gasteiger partial charge in [-0.1, -0.05) is 41.9 Å². The highest BCUT2D eigenvalue weighted by atomic mass is 35.5. The van der Waals surface area contributed by atoms with E-state index in [0.29, 0.717) is 6.54 Å². The molecule has 20 heavy (non-hydrogen) atoms. The monoisotopic (exact) mass is 293 g/mol. The van der Waals surface area contributed by atoms with E-state index in [-0.39, 0.29) is 0 Å². The van der Waals surface area contributed by atoms with Crippen LogP contribution in [0.1, 0.15) is 23.9 Å². The molecule has 1 aromatic carbocycles. The fourth-order valence-electron chi connectivity index (χ4n) is 2.01. The summed E-state index contributed by atoms with van der Waals surface area (Å²) in [5.74, 6) is 0.868. The lowest BCUT2D eigenvalue weighted by Gasteiger charge is -2.15. The van der Waals surface area contributed by atoms with E-state index in [1.54, 1.807) is 0 Å². The van der Waals surface area contributed by atoms with Crippen molar-refractivity contribution in [2.24, 2.45) is 0 Å². The molecule has 4 nitrogen and oxygen atoms in total. The molecule has 0 aliphatic heterocycles. The van der Waals surface area contributed by atoms with E-state index in [9.17, 15) is 0 Å². The van der Waals surface area contributed by atoms with E-state index in [1.165, 1.54) is 0 Å². The van der Waals surface area contributed by atoms with Crippen molar-refractivity contribution >= 4 is 11.6 Å². The average Bonchev–Trinajstić information content (AvgIpc) is 2.86.